The van der Waals surface area contributed by atoms with Crippen LogP contribution in [0, 0.1) is 17.2 Å². The third-order valence-corrected chi connectivity index (χ3v) is 6.78. The van der Waals surface area contributed by atoms with Gasteiger partial charge in [0.1, 0.15) is 11.9 Å². The minimum Gasteiger partial charge on any atom is -0.481 e. The van der Waals surface area contributed by atoms with E-state index in [0.29, 0.717) is 6.20 Å². The van der Waals surface area contributed by atoms with Crippen LogP contribution in [0.25, 0.3) is 0 Å². The standard InChI is InChI=1S/C29H36F4N2O6/c1-8-39-26(36)23-21(28(4,5)6)24(40-15-17-13-18(29(31,32)33)14-34-25(17)38-7)22(19-11-9-10-12-20(19)30)35(23)27(37)41-16(2)3/h9-14,16,21-24H,8,15H2,1-7H3/t21-,22+,23+,24+/m1/s1. The van der Waals surface area contributed by atoms with Crippen molar-refractivity contribution in [2.24, 2.45) is 11.3 Å². The molecule has 2 heterocycles. The van der Waals surface area contributed by atoms with Crippen LogP contribution in [0.4, 0.5) is 22.4 Å². The molecule has 1 aliphatic rings. The number of aromatic nitrogens is 1. The molecule has 1 amide bonds. The monoisotopic (exact) mass is 584 g/mol. The summed E-state index contributed by atoms with van der Waals surface area (Å²) in [5.74, 6) is -2.29. The third kappa shape index (κ3) is 7.09. The lowest BCUT2D eigenvalue weighted by Crippen LogP contribution is -2.48. The normalized spacial score (nSPS) is 21.2. The minimum atomic E-state index is -4.67. The smallest absolute Gasteiger partial charge is 0.417 e. The number of esters is 1. The molecule has 226 valence electrons. The third-order valence-electron chi connectivity index (χ3n) is 6.78. The summed E-state index contributed by atoms with van der Waals surface area (Å²) >= 11 is 0. The molecule has 1 aromatic carbocycles. The van der Waals surface area contributed by atoms with Crippen molar-refractivity contribution < 1.29 is 46.1 Å². The first-order valence-electron chi connectivity index (χ1n) is 13.2. The van der Waals surface area contributed by atoms with Crippen LogP contribution >= 0.6 is 0 Å². The zero-order valence-electron chi connectivity index (χ0n) is 24.1. The fraction of sp³-hybridized carbons (Fsp3) is 0.552. The van der Waals surface area contributed by atoms with E-state index >= 15 is 4.39 Å². The summed E-state index contributed by atoms with van der Waals surface area (Å²) in [5, 5.41) is 0. The first-order valence-corrected chi connectivity index (χ1v) is 13.2. The Balaban J connectivity index is 2.21. The summed E-state index contributed by atoms with van der Waals surface area (Å²) in [6.45, 7) is 9.92. The van der Waals surface area contributed by atoms with E-state index in [2.05, 4.69) is 4.98 Å². The van der Waals surface area contributed by atoms with Gasteiger partial charge in [0, 0.05) is 23.2 Å². The van der Waals surface area contributed by atoms with Crippen LogP contribution in [0.5, 0.6) is 5.88 Å². The SMILES string of the molecule is CCOC(=O)[C@@H]1[C@@H](C(C)(C)C)[C@H](OCc2cc(C(F)(F)F)cnc2OC)[C@H](c2ccccc2F)N1C(=O)OC(C)C. The molecule has 0 radical (unpaired) electrons. The van der Waals surface area contributed by atoms with E-state index in [1.807, 2.05) is 20.8 Å². The first-order chi connectivity index (χ1) is 19.1. The van der Waals surface area contributed by atoms with Crippen molar-refractivity contribution >= 4 is 12.1 Å². The Morgan fingerprint density at radius 2 is 1.78 bits per heavy atom. The molecule has 0 unspecified atom stereocenters. The first kappa shape index (κ1) is 32.1. The fourth-order valence-corrected chi connectivity index (χ4v) is 5.19. The van der Waals surface area contributed by atoms with Crippen molar-refractivity contribution in [3.63, 3.8) is 0 Å². The van der Waals surface area contributed by atoms with E-state index in [-0.39, 0.29) is 23.6 Å². The number of nitrogens with zero attached hydrogens (tertiary/aromatic N) is 2. The van der Waals surface area contributed by atoms with E-state index in [0.717, 1.165) is 11.0 Å². The van der Waals surface area contributed by atoms with E-state index < -0.39 is 71.9 Å². The van der Waals surface area contributed by atoms with Gasteiger partial charge in [0.15, 0.2) is 0 Å². The maximum atomic E-state index is 15.4. The van der Waals surface area contributed by atoms with Gasteiger partial charge in [0.05, 0.1) is 44.1 Å². The highest BCUT2D eigenvalue weighted by molar-refractivity contribution is 5.83. The quantitative estimate of drug-likeness (QED) is 0.265. The molecule has 4 atom stereocenters. The van der Waals surface area contributed by atoms with Gasteiger partial charge in [-0.05, 0) is 38.3 Å². The molecule has 1 saturated heterocycles. The Labute approximate surface area is 236 Å². The number of likely N-dealkylation sites (tertiary alicyclic amines) is 1. The number of hydrogen-bond donors (Lipinski definition) is 0. The lowest BCUT2D eigenvalue weighted by Gasteiger charge is -2.35. The predicted molar refractivity (Wildman–Crippen MR) is 140 cm³/mol. The van der Waals surface area contributed by atoms with Crippen LogP contribution in [-0.4, -0.2) is 53.9 Å². The number of carbonyl (C=O) groups excluding carboxylic acids is 2. The van der Waals surface area contributed by atoms with Crippen LogP contribution < -0.4 is 4.74 Å². The largest absolute Gasteiger partial charge is 0.481 e. The van der Waals surface area contributed by atoms with Crippen molar-refractivity contribution in [1.29, 1.82) is 0 Å². The lowest BCUT2D eigenvalue weighted by atomic mass is 9.73. The van der Waals surface area contributed by atoms with Crippen LogP contribution in [0.1, 0.15) is 64.3 Å². The number of pyridine rings is 1. The Hall–Kier alpha value is -3.41. The Morgan fingerprint density at radius 1 is 1.12 bits per heavy atom. The minimum absolute atomic E-state index is 0.0156. The number of halogens is 4. The number of amides is 1. The van der Waals surface area contributed by atoms with Crippen LogP contribution in [0.3, 0.4) is 0 Å². The molecule has 0 N–H and O–H groups in total. The van der Waals surface area contributed by atoms with E-state index in [1.165, 1.54) is 25.3 Å². The van der Waals surface area contributed by atoms with Gasteiger partial charge in [-0.15, -0.1) is 0 Å². The van der Waals surface area contributed by atoms with E-state index in [9.17, 15) is 22.8 Å². The molecule has 0 saturated carbocycles. The zero-order valence-corrected chi connectivity index (χ0v) is 24.1. The van der Waals surface area contributed by atoms with Crippen LogP contribution in [0.2, 0.25) is 0 Å². The van der Waals surface area contributed by atoms with E-state index in [1.54, 1.807) is 26.8 Å². The van der Waals surface area contributed by atoms with Gasteiger partial charge in [-0.2, -0.15) is 13.2 Å². The van der Waals surface area contributed by atoms with E-state index in [4.69, 9.17) is 18.9 Å². The van der Waals surface area contributed by atoms with Crippen LogP contribution in [0.15, 0.2) is 36.5 Å². The number of hydrogen-bond acceptors (Lipinski definition) is 7. The molecular formula is C29H36F4N2O6. The molecule has 0 aliphatic carbocycles. The van der Waals surface area contributed by atoms with Crippen molar-refractivity contribution in [1.82, 2.24) is 9.88 Å². The average molecular weight is 585 g/mol. The Morgan fingerprint density at radius 3 is 2.32 bits per heavy atom. The van der Waals surface area contributed by atoms with Gasteiger partial charge >= 0.3 is 18.2 Å². The summed E-state index contributed by atoms with van der Waals surface area (Å²) in [6.07, 6.45) is -6.55. The molecule has 0 bridgehead atoms. The molecule has 12 heteroatoms. The molecule has 41 heavy (non-hydrogen) atoms. The predicted octanol–water partition coefficient (Wildman–Crippen LogP) is 6.33. The number of methoxy groups -OCH3 is 1. The molecule has 1 aromatic heterocycles. The van der Waals surface area contributed by atoms with Crippen LogP contribution in [-0.2, 0) is 31.8 Å². The summed E-state index contributed by atoms with van der Waals surface area (Å²) in [5.41, 5.74) is -1.71. The van der Waals surface area contributed by atoms with Crippen molar-refractivity contribution in [2.75, 3.05) is 13.7 Å². The van der Waals surface area contributed by atoms with Gasteiger partial charge in [0.2, 0.25) is 5.88 Å². The molecule has 0 spiro atoms. The zero-order chi connectivity index (χ0) is 30.7. The van der Waals surface area contributed by atoms with Crippen molar-refractivity contribution in [3.05, 3.63) is 59.0 Å². The fourth-order valence-electron chi connectivity index (χ4n) is 5.19. The molecule has 1 fully saturated rings. The molecule has 8 nitrogen and oxygen atoms in total. The topological polar surface area (TPSA) is 87.2 Å². The number of carbonyl (C=O) groups is 2. The average Bonchev–Trinajstić information content (AvgIpc) is 3.22. The number of alkyl halides is 3. The number of benzene rings is 1. The highest BCUT2D eigenvalue weighted by Crippen LogP contribution is 2.51. The Kier molecular flexibility index (Phi) is 9.89. The second kappa shape index (κ2) is 12.6. The highest BCUT2D eigenvalue weighted by atomic mass is 19.4. The Bertz CT molecular complexity index is 1230. The molecule has 2 aromatic rings. The van der Waals surface area contributed by atoms with Crippen molar-refractivity contribution in [3.8, 4) is 5.88 Å². The molecule has 1 aliphatic heterocycles. The van der Waals surface area contributed by atoms with Gasteiger partial charge in [-0.1, -0.05) is 39.0 Å². The van der Waals surface area contributed by atoms with Gasteiger partial charge in [-0.25, -0.2) is 19.0 Å². The van der Waals surface area contributed by atoms with Crippen molar-refractivity contribution in [2.45, 2.75) is 78.6 Å². The van der Waals surface area contributed by atoms with Gasteiger partial charge < -0.3 is 18.9 Å². The molecular weight excluding hydrogens is 548 g/mol. The second-order valence-electron chi connectivity index (χ2n) is 11.1. The number of ether oxygens (including phenoxy) is 4. The highest BCUT2D eigenvalue weighted by Gasteiger charge is 2.60. The number of rotatable bonds is 8. The lowest BCUT2D eigenvalue weighted by molar-refractivity contribution is -0.152. The summed E-state index contributed by atoms with van der Waals surface area (Å²) in [7, 11) is 1.26. The summed E-state index contributed by atoms with van der Waals surface area (Å²) in [6, 6.07) is 4.14. The van der Waals surface area contributed by atoms with Gasteiger partial charge in [0.25, 0.3) is 0 Å². The summed E-state index contributed by atoms with van der Waals surface area (Å²) in [4.78, 5) is 32.0. The maximum absolute atomic E-state index is 15.4. The second-order valence-corrected chi connectivity index (χ2v) is 11.1. The molecule has 3 rings (SSSR count). The van der Waals surface area contributed by atoms with Gasteiger partial charge in [-0.3, -0.25) is 4.90 Å². The maximum Gasteiger partial charge on any atom is 0.417 e. The summed E-state index contributed by atoms with van der Waals surface area (Å²) < 4.78 is 78.1.